The van der Waals surface area contributed by atoms with Gasteiger partial charge in [0, 0.05) is 0 Å². The molecule has 5 nitrogen and oxygen atoms in total. The molecule has 5 heteroatoms. The summed E-state index contributed by atoms with van der Waals surface area (Å²) < 4.78 is 0. The van der Waals surface area contributed by atoms with E-state index in [1.165, 1.54) is 18.2 Å². The predicted molar refractivity (Wildman–Crippen MR) is 66.2 cm³/mol. The van der Waals surface area contributed by atoms with Crippen LogP contribution in [0.5, 0.6) is 5.75 Å². The van der Waals surface area contributed by atoms with Crippen LogP contribution in [0.25, 0.3) is 0 Å². The van der Waals surface area contributed by atoms with Crippen molar-refractivity contribution < 1.29 is 19.8 Å². The smallest absolute Gasteiger partial charge is 0.326 e. The second kappa shape index (κ2) is 6.44. The fourth-order valence-corrected chi connectivity index (χ4v) is 1.49. The number of phenols is 1. The molecule has 0 heterocycles. The van der Waals surface area contributed by atoms with Crippen LogP contribution in [0.4, 0.5) is 0 Å². The van der Waals surface area contributed by atoms with Crippen molar-refractivity contribution in [2.75, 3.05) is 0 Å². The van der Waals surface area contributed by atoms with Crippen LogP contribution in [0, 0.1) is 0 Å². The van der Waals surface area contributed by atoms with E-state index in [1.54, 1.807) is 12.1 Å². The number of hydrogen-bond donors (Lipinski definition) is 3. The van der Waals surface area contributed by atoms with Gasteiger partial charge in [-0.15, -0.1) is 6.58 Å². The Labute approximate surface area is 105 Å². The van der Waals surface area contributed by atoms with E-state index in [4.69, 9.17) is 5.11 Å². The van der Waals surface area contributed by atoms with E-state index in [9.17, 15) is 14.7 Å². The lowest BCUT2D eigenvalue weighted by molar-refractivity contribution is -0.141. The van der Waals surface area contributed by atoms with Crippen LogP contribution in [0.2, 0.25) is 0 Å². The number of carboxylic acids is 1. The predicted octanol–water partition coefficient (Wildman–Crippen LogP) is 1.08. The third-order valence-electron chi connectivity index (χ3n) is 2.31. The molecular weight excluding hydrogens is 234 g/mol. The van der Waals surface area contributed by atoms with Crippen LogP contribution >= 0.6 is 0 Å². The molecule has 1 unspecified atom stereocenters. The number of phenolic OH excluding ortho intramolecular Hbond substituents is 1. The molecule has 0 saturated heterocycles. The Hall–Kier alpha value is -2.30. The van der Waals surface area contributed by atoms with Crippen LogP contribution in [0.1, 0.15) is 12.0 Å². The largest absolute Gasteiger partial charge is 0.508 e. The van der Waals surface area contributed by atoms with Gasteiger partial charge in [0.15, 0.2) is 0 Å². The Balaban J connectivity index is 2.60. The molecule has 0 bridgehead atoms. The first-order chi connectivity index (χ1) is 8.52. The number of hydrogen-bond acceptors (Lipinski definition) is 3. The monoisotopic (exact) mass is 249 g/mol. The van der Waals surface area contributed by atoms with Gasteiger partial charge in [0.1, 0.15) is 11.8 Å². The summed E-state index contributed by atoms with van der Waals surface area (Å²) in [5.74, 6) is -1.44. The minimum Gasteiger partial charge on any atom is -0.508 e. The summed E-state index contributed by atoms with van der Waals surface area (Å²) >= 11 is 0. The Morgan fingerprint density at radius 2 is 2.17 bits per heavy atom. The van der Waals surface area contributed by atoms with E-state index in [0.717, 1.165) is 0 Å². The molecule has 18 heavy (non-hydrogen) atoms. The average Bonchev–Trinajstić information content (AvgIpc) is 2.28. The van der Waals surface area contributed by atoms with Crippen LogP contribution in [-0.4, -0.2) is 28.1 Å². The van der Waals surface area contributed by atoms with E-state index in [1.807, 2.05) is 0 Å². The molecule has 96 valence electrons. The summed E-state index contributed by atoms with van der Waals surface area (Å²) in [7, 11) is 0. The standard InChI is InChI=1S/C13H15NO4/c1-2-4-11(13(17)18)14-12(16)8-9-5-3-6-10(15)7-9/h2-3,5-7,11,15H,1,4,8H2,(H,14,16)(H,17,18). The number of carbonyl (C=O) groups excluding carboxylic acids is 1. The van der Waals surface area contributed by atoms with Gasteiger partial charge in [-0.2, -0.15) is 0 Å². The molecule has 3 N–H and O–H groups in total. The van der Waals surface area contributed by atoms with Crippen LogP contribution in [-0.2, 0) is 16.0 Å². The van der Waals surface area contributed by atoms with Crippen LogP contribution in [0.3, 0.4) is 0 Å². The van der Waals surface area contributed by atoms with Gasteiger partial charge in [-0.05, 0) is 24.1 Å². The highest BCUT2D eigenvalue weighted by Crippen LogP contribution is 2.11. The van der Waals surface area contributed by atoms with Gasteiger partial charge in [-0.25, -0.2) is 4.79 Å². The molecule has 0 aliphatic heterocycles. The van der Waals surface area contributed by atoms with Crippen LogP contribution in [0.15, 0.2) is 36.9 Å². The Kier molecular flexibility index (Phi) is 4.92. The Morgan fingerprint density at radius 3 is 2.72 bits per heavy atom. The lowest BCUT2D eigenvalue weighted by atomic mass is 10.1. The summed E-state index contributed by atoms with van der Waals surface area (Å²) in [6.45, 7) is 3.44. The SMILES string of the molecule is C=CCC(NC(=O)Cc1cccc(O)c1)C(=O)O. The topological polar surface area (TPSA) is 86.6 Å². The highest BCUT2D eigenvalue weighted by Gasteiger charge is 2.18. The van der Waals surface area contributed by atoms with Gasteiger partial charge in [0.25, 0.3) is 0 Å². The minimum atomic E-state index is -1.10. The van der Waals surface area contributed by atoms with Crippen molar-refractivity contribution in [2.24, 2.45) is 0 Å². The fourth-order valence-electron chi connectivity index (χ4n) is 1.49. The van der Waals surface area contributed by atoms with Gasteiger partial charge in [-0.3, -0.25) is 4.79 Å². The van der Waals surface area contributed by atoms with E-state index in [-0.39, 0.29) is 18.6 Å². The van der Waals surface area contributed by atoms with E-state index < -0.39 is 17.9 Å². The third kappa shape index (κ3) is 4.29. The molecule has 0 fully saturated rings. The number of benzene rings is 1. The highest BCUT2D eigenvalue weighted by atomic mass is 16.4. The first kappa shape index (κ1) is 13.8. The maximum atomic E-state index is 11.6. The molecule has 0 radical (unpaired) electrons. The zero-order valence-electron chi connectivity index (χ0n) is 9.80. The highest BCUT2D eigenvalue weighted by molar-refractivity contribution is 5.85. The number of rotatable bonds is 6. The van der Waals surface area contributed by atoms with Gasteiger partial charge < -0.3 is 15.5 Å². The molecule has 1 rings (SSSR count). The first-order valence-corrected chi connectivity index (χ1v) is 5.44. The minimum absolute atomic E-state index is 0.0231. The number of nitrogens with one attached hydrogen (secondary N) is 1. The van der Waals surface area contributed by atoms with Crippen LogP contribution < -0.4 is 5.32 Å². The molecule has 0 aliphatic rings. The lowest BCUT2D eigenvalue weighted by Crippen LogP contribution is -2.41. The molecule has 0 saturated carbocycles. The maximum Gasteiger partial charge on any atom is 0.326 e. The Bertz CT molecular complexity index is 456. The molecule has 0 spiro atoms. The molecular formula is C13H15NO4. The molecule has 1 atom stereocenters. The van der Waals surface area contributed by atoms with E-state index in [0.29, 0.717) is 5.56 Å². The second-order valence-electron chi connectivity index (χ2n) is 3.83. The van der Waals surface area contributed by atoms with E-state index in [2.05, 4.69) is 11.9 Å². The number of amides is 1. The maximum absolute atomic E-state index is 11.6. The van der Waals surface area contributed by atoms with Crippen molar-refractivity contribution in [1.29, 1.82) is 0 Å². The number of carbonyl (C=O) groups is 2. The summed E-state index contributed by atoms with van der Waals surface area (Å²) in [6.07, 6.45) is 1.63. The van der Waals surface area contributed by atoms with Crippen molar-refractivity contribution in [2.45, 2.75) is 18.9 Å². The summed E-state index contributed by atoms with van der Waals surface area (Å²) in [6, 6.07) is 5.30. The zero-order chi connectivity index (χ0) is 13.5. The molecule has 1 aromatic carbocycles. The second-order valence-corrected chi connectivity index (χ2v) is 3.83. The van der Waals surface area contributed by atoms with Gasteiger partial charge in [0.2, 0.25) is 5.91 Å². The van der Waals surface area contributed by atoms with Crippen molar-refractivity contribution in [3.8, 4) is 5.75 Å². The quantitative estimate of drug-likeness (QED) is 0.658. The fraction of sp³-hybridized carbons (Fsp3) is 0.231. The van der Waals surface area contributed by atoms with E-state index >= 15 is 0 Å². The lowest BCUT2D eigenvalue weighted by Gasteiger charge is -2.12. The van der Waals surface area contributed by atoms with Crippen molar-refractivity contribution >= 4 is 11.9 Å². The molecule has 0 aromatic heterocycles. The molecule has 0 aliphatic carbocycles. The summed E-state index contributed by atoms with van der Waals surface area (Å²) in [4.78, 5) is 22.5. The number of carboxylic acid groups (broad SMARTS) is 1. The Morgan fingerprint density at radius 1 is 1.44 bits per heavy atom. The number of aliphatic carboxylic acids is 1. The van der Waals surface area contributed by atoms with Crippen molar-refractivity contribution in [3.63, 3.8) is 0 Å². The molecule has 1 amide bonds. The van der Waals surface area contributed by atoms with Crippen molar-refractivity contribution in [1.82, 2.24) is 5.32 Å². The van der Waals surface area contributed by atoms with Gasteiger partial charge in [-0.1, -0.05) is 18.2 Å². The van der Waals surface area contributed by atoms with Crippen molar-refractivity contribution in [3.05, 3.63) is 42.5 Å². The summed E-state index contributed by atoms with van der Waals surface area (Å²) in [5.41, 5.74) is 0.621. The first-order valence-electron chi connectivity index (χ1n) is 5.44. The summed E-state index contributed by atoms with van der Waals surface area (Å²) in [5, 5.41) is 20.5. The number of aromatic hydroxyl groups is 1. The average molecular weight is 249 g/mol. The van der Waals surface area contributed by atoms with Gasteiger partial charge >= 0.3 is 5.97 Å². The molecule has 1 aromatic rings. The third-order valence-corrected chi connectivity index (χ3v) is 2.31. The van der Waals surface area contributed by atoms with Gasteiger partial charge in [0.05, 0.1) is 6.42 Å². The zero-order valence-corrected chi connectivity index (χ0v) is 9.80. The normalized spacial score (nSPS) is 11.6.